The molecule has 0 saturated carbocycles. The van der Waals surface area contributed by atoms with Crippen LogP contribution in [0.15, 0.2) is 47.2 Å². The molecule has 13 nitrogen and oxygen atoms in total. The van der Waals surface area contributed by atoms with Gasteiger partial charge in [-0.3, -0.25) is 4.57 Å². The van der Waals surface area contributed by atoms with Crippen LogP contribution in [0, 0.1) is 0 Å². The molecular weight excluding hydrogens is 540 g/mol. The van der Waals surface area contributed by atoms with Gasteiger partial charge in [-0.15, -0.1) is 0 Å². The summed E-state index contributed by atoms with van der Waals surface area (Å²) in [5, 5.41) is 39.6. The number of aliphatic hydroxyl groups excluding tert-OH is 3. The van der Waals surface area contributed by atoms with Gasteiger partial charge < -0.3 is 39.7 Å². The van der Waals surface area contributed by atoms with Gasteiger partial charge in [-0.2, -0.15) is 9.97 Å². The van der Waals surface area contributed by atoms with Gasteiger partial charge in [0.05, 0.1) is 24.7 Å². The quantitative estimate of drug-likeness (QED) is 0.215. The van der Waals surface area contributed by atoms with E-state index in [2.05, 4.69) is 39.4 Å². The highest BCUT2D eigenvalue weighted by molar-refractivity contribution is 5.84. The normalized spacial score (nSPS) is 25.1. The lowest BCUT2D eigenvalue weighted by Crippen LogP contribution is -2.32. The van der Waals surface area contributed by atoms with Crippen LogP contribution in [0.1, 0.15) is 42.7 Å². The van der Waals surface area contributed by atoms with E-state index in [-0.39, 0.29) is 12.6 Å². The Kier molecular flexibility index (Phi) is 8.10. The zero-order valence-electron chi connectivity index (χ0n) is 24.0. The molecule has 2 aliphatic heterocycles. The molecule has 224 valence electrons. The zero-order chi connectivity index (χ0) is 29.4. The van der Waals surface area contributed by atoms with Crippen LogP contribution in [0.4, 0.5) is 11.8 Å². The number of hydrogen-bond acceptors (Lipinski definition) is 12. The monoisotopic (exact) mass is 578 g/mol. The topological polar surface area (TPSA) is 158 Å². The molecule has 6 atom stereocenters. The van der Waals surface area contributed by atoms with E-state index in [0.717, 1.165) is 30.8 Å². The van der Waals surface area contributed by atoms with Gasteiger partial charge >= 0.3 is 0 Å². The van der Waals surface area contributed by atoms with Gasteiger partial charge in [0.25, 0.3) is 0 Å². The molecule has 2 saturated heterocycles. The number of fused-ring (bicyclic) bond motifs is 1. The summed E-state index contributed by atoms with van der Waals surface area (Å²) >= 11 is 0. The lowest BCUT2D eigenvalue weighted by atomic mass is 10.1. The number of likely N-dealkylation sites (N-methyl/N-ethyl adjacent to an activating group) is 1. The van der Waals surface area contributed by atoms with Gasteiger partial charge in [0, 0.05) is 25.2 Å². The molecular formula is C29H38N8O5. The van der Waals surface area contributed by atoms with E-state index in [1.807, 2.05) is 37.3 Å². The van der Waals surface area contributed by atoms with Crippen LogP contribution < -0.4 is 10.2 Å². The van der Waals surface area contributed by atoms with E-state index in [4.69, 9.17) is 19.2 Å². The van der Waals surface area contributed by atoms with Crippen molar-refractivity contribution >= 4 is 22.9 Å². The number of nitrogens with one attached hydrogen (secondary N) is 1. The molecule has 4 aromatic rings. The maximum absolute atomic E-state index is 11.1. The lowest BCUT2D eigenvalue weighted by molar-refractivity contribution is -0.0434. The first-order valence-electron chi connectivity index (χ1n) is 14.4. The molecule has 0 amide bonds. The molecule has 2 aliphatic rings. The minimum atomic E-state index is -1.27. The molecule has 5 heterocycles. The number of aromatic nitrogens is 5. The molecule has 13 heteroatoms. The van der Waals surface area contributed by atoms with Gasteiger partial charge in [0.15, 0.2) is 29.0 Å². The van der Waals surface area contributed by atoms with Crippen molar-refractivity contribution in [3.8, 4) is 0 Å². The van der Waals surface area contributed by atoms with E-state index < -0.39 is 24.5 Å². The number of anilines is 2. The van der Waals surface area contributed by atoms with E-state index >= 15 is 0 Å². The van der Waals surface area contributed by atoms with Crippen LogP contribution in [0.2, 0.25) is 0 Å². The molecule has 0 unspecified atom stereocenters. The minimum absolute atomic E-state index is 0.113. The molecule has 0 bridgehead atoms. The largest absolute Gasteiger partial charge is 0.394 e. The Morgan fingerprint density at radius 1 is 1.14 bits per heavy atom. The second-order valence-corrected chi connectivity index (χ2v) is 11.3. The molecule has 6 rings (SSSR count). The first-order chi connectivity index (χ1) is 20.4. The third kappa shape index (κ3) is 5.45. The number of ether oxygens (including phenoxy) is 1. The molecule has 2 fully saturated rings. The fourth-order valence-electron chi connectivity index (χ4n) is 5.68. The van der Waals surface area contributed by atoms with E-state index in [1.54, 1.807) is 10.6 Å². The number of imidazole rings is 1. The van der Waals surface area contributed by atoms with Crippen molar-refractivity contribution in [1.29, 1.82) is 0 Å². The summed E-state index contributed by atoms with van der Waals surface area (Å²) in [6, 6.07) is 11.7. The second kappa shape index (κ2) is 11.9. The molecule has 42 heavy (non-hydrogen) atoms. The maximum Gasteiger partial charge on any atom is 0.229 e. The Morgan fingerprint density at radius 2 is 1.95 bits per heavy atom. The predicted molar refractivity (Wildman–Crippen MR) is 155 cm³/mol. The van der Waals surface area contributed by atoms with Crippen LogP contribution in [-0.4, -0.2) is 103 Å². The van der Waals surface area contributed by atoms with Crippen molar-refractivity contribution < 1.29 is 24.6 Å². The highest BCUT2D eigenvalue weighted by Gasteiger charge is 2.47. The number of aryl methyl sites for hydroxylation is 1. The third-order valence-corrected chi connectivity index (χ3v) is 8.20. The van der Waals surface area contributed by atoms with E-state index in [1.165, 1.54) is 6.33 Å². The van der Waals surface area contributed by atoms with Crippen molar-refractivity contribution in [2.24, 2.45) is 0 Å². The van der Waals surface area contributed by atoms with Gasteiger partial charge in [-0.25, -0.2) is 4.98 Å². The van der Waals surface area contributed by atoms with Crippen LogP contribution in [0.3, 0.4) is 0 Å². The van der Waals surface area contributed by atoms with Crippen molar-refractivity contribution in [2.75, 3.05) is 44.0 Å². The van der Waals surface area contributed by atoms with Crippen molar-refractivity contribution in [3.63, 3.8) is 0 Å². The van der Waals surface area contributed by atoms with Gasteiger partial charge in [0.1, 0.15) is 18.3 Å². The average molecular weight is 579 g/mol. The Bertz CT molecular complexity index is 1490. The van der Waals surface area contributed by atoms with Gasteiger partial charge in [-0.05, 0) is 38.9 Å². The Hall–Kier alpha value is -3.62. The Balaban J connectivity index is 1.36. The molecule has 4 N–H and O–H groups in total. The SMILES string of the molecule is CCc1cc([C@H]2O[C@@H](n3cnc4c(N[C@H](CO)Cc5ccccc5)nc(N5CC[C@@H](N(C)C)C5)nc43)[C@H](O)[C@@H]2O)on1. The van der Waals surface area contributed by atoms with Crippen molar-refractivity contribution in [1.82, 2.24) is 29.6 Å². The van der Waals surface area contributed by atoms with Crippen LogP contribution in [0.25, 0.3) is 11.2 Å². The summed E-state index contributed by atoms with van der Waals surface area (Å²) in [4.78, 5) is 18.7. The minimum Gasteiger partial charge on any atom is -0.394 e. The summed E-state index contributed by atoms with van der Waals surface area (Å²) in [7, 11) is 4.13. The maximum atomic E-state index is 11.1. The number of nitrogens with zero attached hydrogens (tertiary/aromatic N) is 7. The number of aliphatic hydroxyl groups is 3. The Labute approximate surface area is 243 Å². The first-order valence-corrected chi connectivity index (χ1v) is 14.4. The summed E-state index contributed by atoms with van der Waals surface area (Å²) in [6.45, 7) is 3.38. The first kappa shape index (κ1) is 28.5. The van der Waals surface area contributed by atoms with Gasteiger partial charge in [-0.1, -0.05) is 42.4 Å². The van der Waals surface area contributed by atoms with Crippen LogP contribution in [0.5, 0.6) is 0 Å². The summed E-state index contributed by atoms with van der Waals surface area (Å²) in [5.41, 5.74) is 2.72. The molecule has 0 spiro atoms. The molecule has 0 aliphatic carbocycles. The summed E-state index contributed by atoms with van der Waals surface area (Å²) in [6.07, 6.45) is -0.639. The second-order valence-electron chi connectivity index (χ2n) is 11.3. The smallest absolute Gasteiger partial charge is 0.229 e. The fourth-order valence-corrected chi connectivity index (χ4v) is 5.68. The Morgan fingerprint density at radius 3 is 2.64 bits per heavy atom. The molecule has 0 radical (unpaired) electrons. The molecule has 1 aromatic carbocycles. The van der Waals surface area contributed by atoms with E-state index in [9.17, 15) is 15.3 Å². The highest BCUT2D eigenvalue weighted by atomic mass is 16.6. The predicted octanol–water partition coefficient (Wildman–Crippen LogP) is 1.52. The van der Waals surface area contributed by atoms with Crippen molar-refractivity contribution in [2.45, 2.75) is 62.8 Å². The number of hydrogen-bond donors (Lipinski definition) is 4. The van der Waals surface area contributed by atoms with Crippen LogP contribution >= 0.6 is 0 Å². The summed E-state index contributed by atoms with van der Waals surface area (Å²) in [5.74, 6) is 1.34. The lowest BCUT2D eigenvalue weighted by Gasteiger charge is -2.23. The fraction of sp³-hybridized carbons (Fsp3) is 0.517. The van der Waals surface area contributed by atoms with Gasteiger partial charge in [0.2, 0.25) is 5.95 Å². The average Bonchev–Trinajstić information content (AvgIpc) is 3.80. The zero-order valence-corrected chi connectivity index (χ0v) is 24.0. The molecule has 3 aromatic heterocycles. The summed E-state index contributed by atoms with van der Waals surface area (Å²) < 4.78 is 13.2. The standard InChI is InChI=1S/C29H38N8O5/c1-4-18-13-21(42-34-18)25-23(39)24(40)28(41-25)37-16-30-22-26(31-19(15-38)12-17-8-6-5-7-9-17)32-29(33-27(22)37)36-11-10-20(14-36)35(2)3/h5-9,13,16,19-20,23-25,28,38-40H,4,10-12,14-15H2,1-3H3,(H,31,32,33)/t19-,20+,23-,24+,25+,28+/m0/s1. The number of rotatable bonds is 10. The van der Waals surface area contributed by atoms with E-state index in [0.29, 0.717) is 47.6 Å². The number of benzene rings is 1. The van der Waals surface area contributed by atoms with Crippen LogP contribution in [-0.2, 0) is 17.6 Å². The van der Waals surface area contributed by atoms with Crippen molar-refractivity contribution in [3.05, 3.63) is 59.7 Å². The third-order valence-electron chi connectivity index (χ3n) is 8.20. The highest BCUT2D eigenvalue weighted by Crippen LogP contribution is 2.40.